The number of nitrogens with zero attached hydrogens (tertiary/aromatic N) is 3. The minimum Gasteiger partial charge on any atom is -0.376 e. The number of hydrogen-bond donors (Lipinski definition) is 0. The van der Waals surface area contributed by atoms with Crippen molar-refractivity contribution in [1.29, 1.82) is 0 Å². The molecule has 0 radical (unpaired) electrons. The lowest BCUT2D eigenvalue weighted by atomic mass is 10.8. The summed E-state index contributed by atoms with van der Waals surface area (Å²) < 4.78 is 50.6. The Morgan fingerprint density at radius 3 is 0.697 bits per heavy atom. The number of rotatable bonds is 15. The normalized spacial score (nSPS) is 13.0. The summed E-state index contributed by atoms with van der Waals surface area (Å²) in [6.45, 7) is 0. The molecule has 1 aromatic heterocycles. The average molecular weight is 532 g/mol. The maximum absolute atomic E-state index is 13.3. The van der Waals surface area contributed by atoms with Gasteiger partial charge in [-0.1, -0.05) is 0 Å². The van der Waals surface area contributed by atoms with Crippen LogP contribution in [-0.4, -0.2) is 104 Å². The molecule has 192 valence electrons. The van der Waals surface area contributed by atoms with Crippen LogP contribution >= 0.6 is 0 Å². The van der Waals surface area contributed by atoms with E-state index in [0.717, 1.165) is 13.7 Å². The molecule has 0 amide bonds. The standard InChI is InChI=1S/C15H33N3O12Si3/c1-22-31(23-2,24-3)10-16-13(19)17(11-32(25-4,26-5)27-6)15(21)18(14(16)20)12-33(28-7,29-8)30-9/h10-12H2,1-9H3. The van der Waals surface area contributed by atoms with Gasteiger partial charge in [-0.3, -0.25) is 0 Å². The van der Waals surface area contributed by atoms with E-state index in [1.807, 2.05) is 0 Å². The fourth-order valence-electron chi connectivity index (χ4n) is 3.00. The highest BCUT2D eigenvalue weighted by Gasteiger charge is 2.45. The topological polar surface area (TPSA) is 149 Å². The Kier molecular flexibility index (Phi) is 11.2. The highest BCUT2D eigenvalue weighted by atomic mass is 28.4. The van der Waals surface area contributed by atoms with E-state index in [1.165, 1.54) is 64.0 Å². The maximum atomic E-state index is 13.3. The summed E-state index contributed by atoms with van der Waals surface area (Å²) in [5, 5.41) is 0. The van der Waals surface area contributed by atoms with Crippen LogP contribution in [0.1, 0.15) is 0 Å². The molecule has 0 aromatic carbocycles. The lowest BCUT2D eigenvalue weighted by Gasteiger charge is -2.28. The van der Waals surface area contributed by atoms with Gasteiger partial charge in [0.05, 0.1) is 0 Å². The van der Waals surface area contributed by atoms with Crippen molar-refractivity contribution in [2.45, 2.75) is 18.5 Å². The minimum atomic E-state index is -3.48. The van der Waals surface area contributed by atoms with E-state index >= 15 is 0 Å². The largest absolute Gasteiger partial charge is 0.521 e. The lowest BCUT2D eigenvalue weighted by Crippen LogP contribution is -2.64. The summed E-state index contributed by atoms with van der Waals surface area (Å²) in [6, 6.07) is 0. The smallest absolute Gasteiger partial charge is 0.376 e. The lowest BCUT2D eigenvalue weighted by molar-refractivity contribution is 0.108. The van der Waals surface area contributed by atoms with Gasteiger partial charge >= 0.3 is 43.5 Å². The first-order valence-corrected chi connectivity index (χ1v) is 15.3. The van der Waals surface area contributed by atoms with E-state index in [1.54, 1.807) is 0 Å². The predicted octanol–water partition coefficient (Wildman–Crippen LogP) is -2.58. The molecule has 0 aliphatic heterocycles. The van der Waals surface area contributed by atoms with Crippen molar-refractivity contribution < 1.29 is 39.8 Å². The molecule has 0 fully saturated rings. The quantitative estimate of drug-likeness (QED) is 0.219. The van der Waals surface area contributed by atoms with Crippen LogP contribution < -0.4 is 17.1 Å². The first-order chi connectivity index (χ1) is 15.6. The maximum Gasteiger partial charge on any atom is 0.521 e. The highest BCUT2D eigenvalue weighted by molar-refractivity contribution is 6.60. The average Bonchev–Trinajstić information content (AvgIpc) is 2.86. The molecule has 0 N–H and O–H groups in total. The second kappa shape index (κ2) is 12.4. The molecule has 1 aromatic rings. The molecule has 0 bridgehead atoms. The van der Waals surface area contributed by atoms with Crippen LogP contribution in [0.15, 0.2) is 14.4 Å². The van der Waals surface area contributed by atoms with E-state index in [9.17, 15) is 14.4 Å². The predicted molar refractivity (Wildman–Crippen MR) is 120 cm³/mol. The van der Waals surface area contributed by atoms with Gasteiger partial charge < -0.3 is 39.8 Å². The van der Waals surface area contributed by atoms with Crippen LogP contribution in [0.3, 0.4) is 0 Å². The van der Waals surface area contributed by atoms with Gasteiger partial charge in [-0.15, -0.1) is 0 Å². The molecule has 1 heterocycles. The summed E-state index contributed by atoms with van der Waals surface area (Å²) in [5.74, 6) is 0. The van der Waals surface area contributed by atoms with E-state index in [0.29, 0.717) is 0 Å². The Labute approximate surface area is 194 Å². The van der Waals surface area contributed by atoms with Crippen LogP contribution in [0.25, 0.3) is 0 Å². The first kappa shape index (κ1) is 29.7. The molecule has 33 heavy (non-hydrogen) atoms. The van der Waals surface area contributed by atoms with Gasteiger partial charge in [0, 0.05) is 64.0 Å². The fraction of sp³-hybridized carbons (Fsp3) is 0.800. The fourth-order valence-corrected chi connectivity index (χ4v) is 7.64. The summed E-state index contributed by atoms with van der Waals surface area (Å²) in [4.78, 5) is 40.0. The zero-order valence-electron chi connectivity index (χ0n) is 20.4. The summed E-state index contributed by atoms with van der Waals surface area (Å²) >= 11 is 0. The van der Waals surface area contributed by atoms with Crippen molar-refractivity contribution in [3.63, 3.8) is 0 Å². The Hall–Kier alpha value is -1.30. The Morgan fingerprint density at radius 2 is 0.576 bits per heavy atom. The van der Waals surface area contributed by atoms with Crippen molar-refractivity contribution in [3.8, 4) is 0 Å². The van der Waals surface area contributed by atoms with Crippen molar-refractivity contribution in [2.24, 2.45) is 0 Å². The molecule has 0 aliphatic carbocycles. The van der Waals surface area contributed by atoms with Crippen LogP contribution in [0.2, 0.25) is 0 Å². The molecule has 18 heteroatoms. The molecule has 15 nitrogen and oxygen atoms in total. The molecule has 0 spiro atoms. The number of hydrogen-bond acceptors (Lipinski definition) is 12. The molecule has 0 saturated heterocycles. The molecule has 0 saturated carbocycles. The van der Waals surface area contributed by atoms with E-state index in [2.05, 4.69) is 0 Å². The third-order valence-electron chi connectivity index (χ3n) is 5.24. The van der Waals surface area contributed by atoms with Crippen molar-refractivity contribution >= 4 is 26.4 Å². The summed E-state index contributed by atoms with van der Waals surface area (Å²) in [5.41, 5.74) is -2.86. The monoisotopic (exact) mass is 531 g/mol. The van der Waals surface area contributed by atoms with E-state index in [-0.39, 0.29) is 18.5 Å². The molecular weight excluding hydrogens is 498 g/mol. The van der Waals surface area contributed by atoms with Crippen molar-refractivity contribution in [3.05, 3.63) is 31.5 Å². The van der Waals surface area contributed by atoms with Crippen LogP contribution in [-0.2, 0) is 58.3 Å². The van der Waals surface area contributed by atoms with Gasteiger partial charge in [0.25, 0.3) is 0 Å². The number of aromatic nitrogens is 3. The Bertz CT molecular complexity index is 763. The molecule has 0 unspecified atom stereocenters. The van der Waals surface area contributed by atoms with Crippen molar-refractivity contribution in [2.75, 3.05) is 64.0 Å². The zero-order chi connectivity index (χ0) is 25.4. The third kappa shape index (κ3) is 6.04. The van der Waals surface area contributed by atoms with Gasteiger partial charge in [-0.2, -0.15) is 0 Å². The van der Waals surface area contributed by atoms with Crippen molar-refractivity contribution in [1.82, 2.24) is 13.7 Å². The minimum absolute atomic E-state index is 0.378. The van der Waals surface area contributed by atoms with Crippen LogP contribution in [0.5, 0.6) is 0 Å². The molecule has 0 aliphatic rings. The van der Waals surface area contributed by atoms with Gasteiger partial charge in [-0.05, 0) is 0 Å². The first-order valence-electron chi connectivity index (χ1n) is 9.47. The SMILES string of the molecule is CO[Si](Cn1c(=O)n(C[Si](OC)(OC)OC)c(=O)n(C[Si](OC)(OC)OC)c1=O)(OC)OC. The van der Waals surface area contributed by atoms with E-state index in [4.69, 9.17) is 39.8 Å². The van der Waals surface area contributed by atoms with Gasteiger partial charge in [0.15, 0.2) is 0 Å². The second-order valence-corrected chi connectivity index (χ2v) is 15.2. The molecule has 1 rings (SSSR count). The molecular formula is C15H33N3O12Si3. The summed E-state index contributed by atoms with van der Waals surface area (Å²) in [7, 11) is 1.52. The van der Waals surface area contributed by atoms with Crippen LogP contribution in [0.4, 0.5) is 0 Å². The van der Waals surface area contributed by atoms with Gasteiger partial charge in [0.1, 0.15) is 18.5 Å². The van der Waals surface area contributed by atoms with Gasteiger partial charge in [0.2, 0.25) is 0 Å². The third-order valence-corrected chi connectivity index (χ3v) is 12.9. The Balaban J connectivity index is 3.95. The van der Waals surface area contributed by atoms with E-state index < -0.39 is 43.5 Å². The highest BCUT2D eigenvalue weighted by Crippen LogP contribution is 2.10. The summed E-state index contributed by atoms with van der Waals surface area (Å²) in [6.07, 6.45) is -1.13. The zero-order valence-corrected chi connectivity index (χ0v) is 23.4. The second-order valence-electron chi connectivity index (χ2n) is 6.49. The van der Waals surface area contributed by atoms with Crippen LogP contribution in [0, 0.1) is 0 Å². The molecule has 0 atom stereocenters. The van der Waals surface area contributed by atoms with Gasteiger partial charge in [-0.25, -0.2) is 28.1 Å². The Morgan fingerprint density at radius 1 is 0.424 bits per heavy atom.